The van der Waals surface area contributed by atoms with Gasteiger partial charge in [-0.15, -0.1) is 11.6 Å². The van der Waals surface area contributed by atoms with Crippen LogP contribution in [0.4, 0.5) is 0 Å². The Labute approximate surface area is 101 Å². The molecule has 3 heteroatoms. The van der Waals surface area contributed by atoms with E-state index in [4.69, 9.17) is 11.6 Å². The number of amides is 1. The molecule has 1 aromatic rings. The van der Waals surface area contributed by atoms with Crippen molar-refractivity contribution < 1.29 is 4.79 Å². The first-order chi connectivity index (χ1) is 7.74. The summed E-state index contributed by atoms with van der Waals surface area (Å²) in [7, 11) is 0. The average Bonchev–Trinajstić information content (AvgIpc) is 2.29. The molecule has 0 aliphatic rings. The van der Waals surface area contributed by atoms with Gasteiger partial charge in [0.05, 0.1) is 0 Å². The fourth-order valence-electron chi connectivity index (χ4n) is 1.36. The summed E-state index contributed by atoms with van der Waals surface area (Å²) in [6, 6.07) is 8.02. The van der Waals surface area contributed by atoms with Gasteiger partial charge in [-0.3, -0.25) is 4.79 Å². The normalized spacial score (nSPS) is 10.6. The van der Waals surface area contributed by atoms with Crippen molar-refractivity contribution in [2.75, 3.05) is 6.54 Å². The summed E-state index contributed by atoms with van der Waals surface area (Å²) in [4.78, 5) is 10.6. The van der Waals surface area contributed by atoms with Crippen molar-refractivity contribution in [1.29, 1.82) is 0 Å². The second-order valence-electron chi connectivity index (χ2n) is 3.51. The number of hydrogen-bond donors (Lipinski definition) is 1. The molecule has 0 spiro atoms. The average molecular weight is 238 g/mol. The van der Waals surface area contributed by atoms with Crippen molar-refractivity contribution in [2.45, 2.75) is 19.2 Å². The molecular weight excluding hydrogens is 222 g/mol. The van der Waals surface area contributed by atoms with E-state index in [-0.39, 0.29) is 5.91 Å². The monoisotopic (exact) mass is 237 g/mol. The number of rotatable bonds is 5. The Morgan fingerprint density at radius 1 is 1.44 bits per heavy atom. The summed E-state index contributed by atoms with van der Waals surface area (Å²) >= 11 is 5.82. The molecule has 1 aromatic carbocycles. The van der Waals surface area contributed by atoms with Gasteiger partial charge in [0.15, 0.2) is 0 Å². The van der Waals surface area contributed by atoms with Crippen LogP contribution in [0.1, 0.15) is 24.5 Å². The lowest BCUT2D eigenvalue weighted by Crippen LogP contribution is -2.20. The number of hydrogen-bond acceptors (Lipinski definition) is 1. The van der Waals surface area contributed by atoms with Crippen molar-refractivity contribution in [1.82, 2.24) is 5.32 Å². The first kappa shape index (κ1) is 12.8. The van der Waals surface area contributed by atoms with Crippen LogP contribution in [-0.4, -0.2) is 12.5 Å². The Morgan fingerprint density at radius 3 is 2.88 bits per heavy atom. The summed E-state index contributed by atoms with van der Waals surface area (Å²) in [5.41, 5.74) is 2.26. The molecule has 0 unspecified atom stereocenters. The minimum atomic E-state index is 0.00885. The highest BCUT2D eigenvalue weighted by molar-refractivity contribution is 6.17. The van der Waals surface area contributed by atoms with Crippen molar-refractivity contribution in [3.8, 4) is 0 Å². The van der Waals surface area contributed by atoms with Crippen LogP contribution >= 0.6 is 11.6 Å². The molecule has 0 heterocycles. The van der Waals surface area contributed by atoms with Gasteiger partial charge in [-0.05, 0) is 17.5 Å². The molecule has 16 heavy (non-hydrogen) atoms. The minimum absolute atomic E-state index is 0.00885. The zero-order valence-corrected chi connectivity index (χ0v) is 10.1. The first-order valence-corrected chi connectivity index (χ1v) is 5.82. The lowest BCUT2D eigenvalue weighted by atomic mass is 10.1. The molecule has 0 atom stereocenters. The lowest BCUT2D eigenvalue weighted by molar-refractivity contribution is -0.118. The molecule has 0 fully saturated rings. The lowest BCUT2D eigenvalue weighted by Gasteiger charge is -2.01. The maximum atomic E-state index is 10.6. The zero-order chi connectivity index (χ0) is 11.8. The third-order valence-corrected chi connectivity index (χ3v) is 2.47. The van der Waals surface area contributed by atoms with Gasteiger partial charge in [-0.25, -0.2) is 0 Å². The Morgan fingerprint density at radius 2 is 2.19 bits per heavy atom. The van der Waals surface area contributed by atoms with Crippen LogP contribution in [0.25, 0.3) is 6.08 Å². The second-order valence-corrected chi connectivity index (χ2v) is 3.77. The maximum Gasteiger partial charge on any atom is 0.216 e. The smallest absolute Gasteiger partial charge is 0.216 e. The van der Waals surface area contributed by atoms with E-state index in [2.05, 4.69) is 5.32 Å². The van der Waals surface area contributed by atoms with E-state index in [0.717, 1.165) is 17.5 Å². The van der Waals surface area contributed by atoms with Crippen molar-refractivity contribution in [3.05, 3.63) is 41.5 Å². The van der Waals surface area contributed by atoms with Gasteiger partial charge >= 0.3 is 0 Å². The van der Waals surface area contributed by atoms with Gasteiger partial charge in [0.1, 0.15) is 0 Å². The van der Waals surface area contributed by atoms with E-state index < -0.39 is 0 Å². The summed E-state index contributed by atoms with van der Waals surface area (Å²) < 4.78 is 0. The van der Waals surface area contributed by atoms with Gasteiger partial charge in [-0.1, -0.05) is 36.4 Å². The highest BCUT2D eigenvalue weighted by Crippen LogP contribution is 2.13. The predicted molar refractivity (Wildman–Crippen MR) is 68.3 cm³/mol. The largest absolute Gasteiger partial charge is 0.356 e. The van der Waals surface area contributed by atoms with E-state index in [9.17, 15) is 4.79 Å². The summed E-state index contributed by atoms with van der Waals surface area (Å²) in [5, 5.41) is 2.74. The van der Waals surface area contributed by atoms with E-state index in [0.29, 0.717) is 12.4 Å². The Bertz CT molecular complexity index is 374. The number of alkyl halides is 1. The number of halogens is 1. The molecule has 1 rings (SSSR count). The summed E-state index contributed by atoms with van der Waals surface area (Å²) in [5.74, 6) is 0.529. The molecule has 0 saturated heterocycles. The van der Waals surface area contributed by atoms with Crippen molar-refractivity contribution >= 4 is 23.6 Å². The number of carbonyl (C=O) groups is 1. The Balaban J connectivity index is 2.46. The van der Waals surface area contributed by atoms with Gasteiger partial charge in [-0.2, -0.15) is 0 Å². The third-order valence-electron chi connectivity index (χ3n) is 2.18. The number of nitrogens with one attached hydrogen (secondary N) is 1. The topological polar surface area (TPSA) is 29.1 Å². The Hall–Kier alpha value is -1.28. The maximum absolute atomic E-state index is 10.6. The molecule has 1 N–H and O–H groups in total. The van der Waals surface area contributed by atoms with Gasteiger partial charge < -0.3 is 5.32 Å². The quantitative estimate of drug-likeness (QED) is 0.619. The second kappa shape index (κ2) is 7.07. The molecule has 1 amide bonds. The van der Waals surface area contributed by atoms with Crippen LogP contribution in [-0.2, 0) is 10.7 Å². The molecule has 0 aliphatic carbocycles. The first-order valence-electron chi connectivity index (χ1n) is 5.29. The van der Waals surface area contributed by atoms with E-state index in [1.165, 1.54) is 6.92 Å². The van der Waals surface area contributed by atoms with Crippen molar-refractivity contribution in [2.24, 2.45) is 0 Å². The molecule has 0 aliphatic heterocycles. The third kappa shape index (κ3) is 4.49. The van der Waals surface area contributed by atoms with Crippen LogP contribution < -0.4 is 5.32 Å². The fraction of sp³-hybridized carbons (Fsp3) is 0.308. The zero-order valence-electron chi connectivity index (χ0n) is 9.37. The van der Waals surface area contributed by atoms with Gasteiger partial charge in [0, 0.05) is 19.3 Å². The highest BCUT2D eigenvalue weighted by Gasteiger charge is 1.95. The SMILES string of the molecule is CC(=O)NCCC=Cc1ccccc1CCl. The van der Waals surface area contributed by atoms with Gasteiger partial charge in [0.25, 0.3) is 0 Å². The highest BCUT2D eigenvalue weighted by atomic mass is 35.5. The van der Waals surface area contributed by atoms with E-state index >= 15 is 0 Å². The van der Waals surface area contributed by atoms with Crippen LogP contribution in [0, 0.1) is 0 Å². The van der Waals surface area contributed by atoms with E-state index in [1.807, 2.05) is 36.4 Å². The molecular formula is C13H16ClNO. The van der Waals surface area contributed by atoms with Crippen LogP contribution in [0.15, 0.2) is 30.3 Å². The minimum Gasteiger partial charge on any atom is -0.356 e. The van der Waals surface area contributed by atoms with Crippen LogP contribution in [0.5, 0.6) is 0 Å². The predicted octanol–water partition coefficient (Wildman–Crippen LogP) is 2.96. The molecule has 86 valence electrons. The molecule has 2 nitrogen and oxygen atoms in total. The van der Waals surface area contributed by atoms with Crippen LogP contribution in [0.3, 0.4) is 0 Å². The van der Waals surface area contributed by atoms with Crippen molar-refractivity contribution in [3.63, 3.8) is 0 Å². The molecule has 0 bridgehead atoms. The van der Waals surface area contributed by atoms with Gasteiger partial charge in [0.2, 0.25) is 5.91 Å². The van der Waals surface area contributed by atoms with Crippen LogP contribution in [0.2, 0.25) is 0 Å². The number of benzene rings is 1. The number of carbonyl (C=O) groups excluding carboxylic acids is 1. The fourth-order valence-corrected chi connectivity index (χ4v) is 1.60. The molecule has 0 saturated carbocycles. The Kier molecular flexibility index (Phi) is 5.65. The summed E-state index contributed by atoms with van der Waals surface area (Å²) in [6.07, 6.45) is 4.91. The molecule has 0 radical (unpaired) electrons. The molecule has 0 aromatic heterocycles. The summed E-state index contributed by atoms with van der Waals surface area (Å²) in [6.45, 7) is 2.20. The standard InChI is InChI=1S/C13H16ClNO/c1-11(16)15-9-5-4-7-12-6-2-3-8-13(12)10-14/h2-4,6-8H,5,9-10H2,1H3,(H,15,16). The van der Waals surface area contributed by atoms with E-state index in [1.54, 1.807) is 0 Å².